The first-order valence-corrected chi connectivity index (χ1v) is 12.7. The molecule has 8 heteroatoms. The van der Waals surface area contributed by atoms with Crippen LogP contribution in [0.1, 0.15) is 82.9 Å². The van der Waals surface area contributed by atoms with Gasteiger partial charge in [-0.25, -0.2) is 4.98 Å². The Morgan fingerprint density at radius 1 is 1.03 bits per heavy atom. The molecule has 2 atom stereocenters. The molecule has 0 radical (unpaired) electrons. The van der Waals surface area contributed by atoms with Crippen LogP contribution in [0, 0.1) is 5.92 Å². The van der Waals surface area contributed by atoms with Crippen molar-refractivity contribution in [3.05, 3.63) is 53.2 Å². The van der Waals surface area contributed by atoms with Gasteiger partial charge >= 0.3 is 0 Å². The number of hydrogen-bond donors (Lipinski definition) is 3. The number of pyridine rings is 1. The molecule has 3 aliphatic rings. The summed E-state index contributed by atoms with van der Waals surface area (Å²) in [6.45, 7) is 2.64. The number of piperidine rings is 1. The lowest BCUT2D eigenvalue weighted by Gasteiger charge is -2.40. The lowest BCUT2D eigenvalue weighted by atomic mass is 9.96. The van der Waals surface area contributed by atoms with Gasteiger partial charge in [0.25, 0.3) is 11.8 Å². The van der Waals surface area contributed by atoms with Crippen LogP contribution in [-0.4, -0.2) is 47.3 Å². The minimum Gasteiger partial charge on any atom is -0.384 e. The SMILES string of the molecule is CCC(=O)c1ccc(N2C3CCC2CC(NC(=O)c2ccc(C(N)=O)c(NCC4CC4)c2)C3)nc1. The van der Waals surface area contributed by atoms with Crippen LogP contribution >= 0.6 is 0 Å². The molecule has 5 rings (SSSR count). The summed E-state index contributed by atoms with van der Waals surface area (Å²) in [4.78, 5) is 43.8. The zero-order valence-electron chi connectivity index (χ0n) is 20.1. The fourth-order valence-electron chi connectivity index (χ4n) is 5.47. The third kappa shape index (κ3) is 5.01. The van der Waals surface area contributed by atoms with Gasteiger partial charge in [-0.15, -0.1) is 0 Å². The average molecular weight is 476 g/mol. The molecule has 8 nitrogen and oxygen atoms in total. The molecule has 2 aliphatic heterocycles. The summed E-state index contributed by atoms with van der Waals surface area (Å²) in [5.41, 5.74) is 7.75. The van der Waals surface area contributed by atoms with E-state index in [-0.39, 0.29) is 17.7 Å². The highest BCUT2D eigenvalue weighted by Crippen LogP contribution is 2.38. The van der Waals surface area contributed by atoms with Crippen LogP contribution in [0.25, 0.3) is 0 Å². The van der Waals surface area contributed by atoms with E-state index in [1.165, 1.54) is 12.8 Å². The van der Waals surface area contributed by atoms with Gasteiger partial charge < -0.3 is 21.3 Å². The van der Waals surface area contributed by atoms with E-state index < -0.39 is 5.91 Å². The number of rotatable bonds is 9. The number of hydrogen-bond acceptors (Lipinski definition) is 6. The zero-order valence-corrected chi connectivity index (χ0v) is 20.1. The van der Waals surface area contributed by atoms with Gasteiger partial charge in [-0.05, 0) is 74.8 Å². The summed E-state index contributed by atoms with van der Waals surface area (Å²) in [6.07, 6.45) is 8.37. The number of ketones is 1. The molecule has 2 amide bonds. The first-order valence-electron chi connectivity index (χ1n) is 12.7. The summed E-state index contributed by atoms with van der Waals surface area (Å²) in [6, 6.07) is 9.57. The van der Waals surface area contributed by atoms with Crippen molar-refractivity contribution in [1.29, 1.82) is 0 Å². The van der Waals surface area contributed by atoms with E-state index in [2.05, 4.69) is 20.5 Å². The number of nitrogens with one attached hydrogen (secondary N) is 2. The summed E-state index contributed by atoms with van der Waals surface area (Å²) in [7, 11) is 0. The van der Waals surface area contributed by atoms with Crippen molar-refractivity contribution >= 4 is 29.1 Å². The van der Waals surface area contributed by atoms with Gasteiger partial charge in [0.1, 0.15) is 5.82 Å². The molecule has 3 heterocycles. The van der Waals surface area contributed by atoms with Crippen molar-refractivity contribution in [3.63, 3.8) is 0 Å². The molecule has 2 unspecified atom stereocenters. The smallest absolute Gasteiger partial charge is 0.251 e. The number of fused-ring (bicyclic) bond motifs is 2. The van der Waals surface area contributed by atoms with Gasteiger partial charge in [-0.1, -0.05) is 6.92 Å². The molecule has 3 fully saturated rings. The Bertz CT molecular complexity index is 1110. The highest BCUT2D eigenvalue weighted by Gasteiger charge is 2.41. The zero-order chi connectivity index (χ0) is 24.5. The molecular formula is C27H33N5O3. The maximum Gasteiger partial charge on any atom is 0.251 e. The topological polar surface area (TPSA) is 117 Å². The monoisotopic (exact) mass is 475 g/mol. The normalized spacial score (nSPS) is 23.1. The molecule has 4 N–H and O–H groups in total. The molecule has 1 saturated carbocycles. The quantitative estimate of drug-likeness (QED) is 0.478. The van der Waals surface area contributed by atoms with Crippen molar-refractivity contribution < 1.29 is 14.4 Å². The Balaban J connectivity index is 1.24. The third-order valence-corrected chi connectivity index (χ3v) is 7.55. The molecule has 1 aliphatic carbocycles. The number of primary amides is 1. The van der Waals surface area contributed by atoms with Gasteiger partial charge in [-0.3, -0.25) is 14.4 Å². The Morgan fingerprint density at radius 2 is 1.74 bits per heavy atom. The fraction of sp³-hybridized carbons (Fsp3) is 0.481. The lowest BCUT2D eigenvalue weighted by Crippen LogP contribution is -2.50. The van der Waals surface area contributed by atoms with E-state index in [9.17, 15) is 14.4 Å². The first kappa shape index (κ1) is 23.3. The standard InChI is InChI=1S/C27H33N5O3/c1-2-24(33)18-6-10-25(30-15-18)32-20-7-8-21(32)13-19(12-20)31-27(35)17-5-9-22(26(28)34)23(11-17)29-14-16-3-4-16/h5-6,9-11,15-16,19-21,29H,2-4,7-8,12-14H2,1H3,(H2,28,34)(H,31,35). The largest absolute Gasteiger partial charge is 0.384 e. The van der Waals surface area contributed by atoms with Gasteiger partial charge in [-0.2, -0.15) is 0 Å². The molecule has 184 valence electrons. The average Bonchev–Trinajstić information content (AvgIpc) is 3.65. The number of benzene rings is 1. The minimum atomic E-state index is -0.500. The van der Waals surface area contributed by atoms with E-state index in [0.29, 0.717) is 46.8 Å². The molecule has 2 bridgehead atoms. The minimum absolute atomic E-state index is 0.0795. The number of anilines is 2. The molecule has 0 spiro atoms. The van der Waals surface area contributed by atoms with Crippen LogP contribution in [0.15, 0.2) is 36.5 Å². The van der Waals surface area contributed by atoms with Crippen LogP contribution in [0.3, 0.4) is 0 Å². The molecule has 35 heavy (non-hydrogen) atoms. The van der Waals surface area contributed by atoms with Crippen LogP contribution in [0.5, 0.6) is 0 Å². The van der Waals surface area contributed by atoms with E-state index in [0.717, 1.165) is 38.0 Å². The van der Waals surface area contributed by atoms with E-state index in [1.54, 1.807) is 24.4 Å². The second kappa shape index (κ2) is 9.68. The van der Waals surface area contributed by atoms with Gasteiger partial charge in [0.05, 0.1) is 5.56 Å². The summed E-state index contributed by atoms with van der Waals surface area (Å²) in [5, 5.41) is 6.52. The van der Waals surface area contributed by atoms with E-state index in [1.807, 2.05) is 19.1 Å². The highest BCUT2D eigenvalue weighted by molar-refractivity contribution is 6.02. The Kier molecular flexibility index (Phi) is 6.45. The predicted octanol–water partition coefficient (Wildman–Crippen LogP) is 3.52. The molecule has 1 aromatic heterocycles. The summed E-state index contributed by atoms with van der Waals surface area (Å²) < 4.78 is 0. The van der Waals surface area contributed by atoms with E-state index >= 15 is 0 Å². The lowest BCUT2D eigenvalue weighted by molar-refractivity contribution is 0.0924. The summed E-state index contributed by atoms with van der Waals surface area (Å²) in [5.74, 6) is 1.01. The second-order valence-electron chi connectivity index (χ2n) is 10.1. The van der Waals surface area contributed by atoms with Crippen LogP contribution in [-0.2, 0) is 0 Å². The number of nitrogens with zero attached hydrogens (tertiary/aromatic N) is 2. The van der Waals surface area contributed by atoms with Gasteiger partial charge in [0.15, 0.2) is 5.78 Å². The third-order valence-electron chi connectivity index (χ3n) is 7.55. The second-order valence-corrected chi connectivity index (χ2v) is 10.1. The molecule has 1 aromatic carbocycles. The van der Waals surface area contributed by atoms with Crippen LogP contribution in [0.2, 0.25) is 0 Å². The number of Topliss-reactive ketones (excluding diaryl/α,β-unsaturated/α-hetero) is 1. The van der Waals surface area contributed by atoms with Crippen molar-refractivity contribution in [1.82, 2.24) is 10.3 Å². The van der Waals surface area contributed by atoms with Crippen molar-refractivity contribution in [2.75, 3.05) is 16.8 Å². The predicted molar refractivity (Wildman–Crippen MR) is 135 cm³/mol. The Labute approximate surface area is 205 Å². The van der Waals surface area contributed by atoms with Gasteiger partial charge in [0.2, 0.25) is 0 Å². The maximum atomic E-state index is 13.1. The molecule has 2 saturated heterocycles. The number of nitrogens with two attached hydrogens (primary N) is 1. The highest BCUT2D eigenvalue weighted by atomic mass is 16.2. The number of amides is 2. The Morgan fingerprint density at radius 3 is 2.34 bits per heavy atom. The molecular weight excluding hydrogens is 442 g/mol. The molecule has 2 aromatic rings. The van der Waals surface area contributed by atoms with Gasteiger partial charge in [0, 0.05) is 54.1 Å². The van der Waals surface area contributed by atoms with E-state index in [4.69, 9.17) is 5.73 Å². The number of carbonyl (C=O) groups excluding carboxylic acids is 3. The number of carbonyl (C=O) groups is 3. The Hall–Kier alpha value is -3.42. The maximum absolute atomic E-state index is 13.1. The fourth-order valence-corrected chi connectivity index (χ4v) is 5.47. The van der Waals surface area contributed by atoms with Crippen molar-refractivity contribution in [2.45, 2.75) is 70.0 Å². The van der Waals surface area contributed by atoms with Crippen molar-refractivity contribution in [3.8, 4) is 0 Å². The summed E-state index contributed by atoms with van der Waals surface area (Å²) >= 11 is 0. The van der Waals surface area contributed by atoms with Crippen LogP contribution < -0.4 is 21.3 Å². The van der Waals surface area contributed by atoms with Crippen LogP contribution in [0.4, 0.5) is 11.5 Å². The first-order chi connectivity index (χ1) is 16.9. The van der Waals surface area contributed by atoms with Crippen molar-refractivity contribution in [2.24, 2.45) is 11.7 Å². The number of aromatic nitrogens is 1.